The Bertz CT molecular complexity index is 305. The number of rotatable bonds is 3. The van der Waals surface area contributed by atoms with Crippen molar-refractivity contribution >= 4 is 30.5 Å². The Labute approximate surface area is 95.7 Å². The van der Waals surface area contributed by atoms with Crippen LogP contribution >= 0.6 is 0 Å². The van der Waals surface area contributed by atoms with Crippen molar-refractivity contribution in [3.05, 3.63) is 36.7 Å². The number of nitrogens with zero attached hydrogens (tertiary/aromatic N) is 1. The molecule has 0 radical (unpaired) electrons. The molecule has 0 aliphatic carbocycles. The van der Waals surface area contributed by atoms with Crippen LogP contribution in [0.3, 0.4) is 0 Å². The van der Waals surface area contributed by atoms with Crippen molar-refractivity contribution < 1.29 is 0 Å². The predicted octanol–water partition coefficient (Wildman–Crippen LogP) is 1.85. The Morgan fingerprint density at radius 3 is 1.86 bits per heavy atom. The summed E-state index contributed by atoms with van der Waals surface area (Å²) < 4.78 is 0. The average molecular weight is 183 g/mol. The summed E-state index contributed by atoms with van der Waals surface area (Å²) in [5, 5.41) is 0. The number of H-pyrrole nitrogens is 2. The Morgan fingerprint density at radius 1 is 1.07 bits per heavy atom. The van der Waals surface area contributed by atoms with Crippen LogP contribution in [0.5, 0.6) is 0 Å². The first-order valence-electron chi connectivity index (χ1n) is 4.46. The summed E-state index contributed by atoms with van der Waals surface area (Å²) in [5.74, 6) is 2.23. The molecule has 0 aliphatic rings. The summed E-state index contributed by atoms with van der Waals surface area (Å²) in [4.78, 5) is 8.55. The van der Waals surface area contributed by atoms with Gasteiger partial charge in [-0.15, -0.1) is 0 Å². The van der Waals surface area contributed by atoms with Crippen molar-refractivity contribution in [1.82, 2.24) is 9.97 Å². The number of aromatic amines is 2. The van der Waals surface area contributed by atoms with Crippen LogP contribution in [0.15, 0.2) is 36.7 Å². The number of aromatic nitrogens is 2. The summed E-state index contributed by atoms with van der Waals surface area (Å²) in [5.41, 5.74) is 0. The van der Waals surface area contributed by atoms with Gasteiger partial charge in [-0.05, 0) is 31.2 Å². The van der Waals surface area contributed by atoms with Crippen molar-refractivity contribution in [2.24, 2.45) is 0 Å². The normalized spacial score (nSPS) is 9.50. The number of hydrogen-bond acceptors (Lipinski definition) is 1. The van der Waals surface area contributed by atoms with Gasteiger partial charge in [0.2, 0.25) is 0 Å². The maximum absolute atomic E-state index is 3.18. The Hall–Kier alpha value is -1.04. The van der Waals surface area contributed by atoms with Gasteiger partial charge in [0.15, 0.2) is 0 Å². The van der Waals surface area contributed by atoms with E-state index in [9.17, 15) is 0 Å². The summed E-state index contributed by atoms with van der Waals surface area (Å²) in [6, 6.07) is 8.12. The third-order valence-electron chi connectivity index (χ3n) is 2.06. The van der Waals surface area contributed by atoms with Gasteiger partial charge in [0, 0.05) is 18.9 Å². The molecular weight excluding hydrogens is 169 g/mol. The van der Waals surface area contributed by atoms with Gasteiger partial charge in [0.25, 0.3) is 0 Å². The first-order chi connectivity index (χ1) is 6.42. The minimum absolute atomic E-state index is 0. The molecule has 0 saturated carbocycles. The Morgan fingerprint density at radius 2 is 1.57 bits per heavy atom. The van der Waals surface area contributed by atoms with Crippen LogP contribution in [-0.4, -0.2) is 35.4 Å². The average Bonchev–Trinajstić information content (AvgIpc) is 2.76. The molecule has 0 unspecified atom stereocenters. The van der Waals surface area contributed by atoms with Crippen LogP contribution in [0, 0.1) is 0 Å². The van der Waals surface area contributed by atoms with Crippen molar-refractivity contribution in [3.8, 4) is 0 Å². The second-order valence-corrected chi connectivity index (χ2v) is 2.85. The van der Waals surface area contributed by atoms with Gasteiger partial charge in [-0.3, -0.25) is 0 Å². The number of nitrogens with one attached hydrogen (secondary N) is 2. The molecule has 2 heterocycles. The molecule has 2 aromatic heterocycles. The van der Waals surface area contributed by atoms with Gasteiger partial charge >= 0.3 is 18.9 Å². The van der Waals surface area contributed by atoms with E-state index in [1.54, 1.807) is 0 Å². The first-order valence-corrected chi connectivity index (χ1v) is 4.46. The molecule has 0 amide bonds. The molecule has 3 nitrogen and oxygen atoms in total. The van der Waals surface area contributed by atoms with E-state index < -0.39 is 0 Å². The zero-order valence-corrected chi connectivity index (χ0v) is 7.62. The van der Waals surface area contributed by atoms with Gasteiger partial charge in [0.1, 0.15) is 11.6 Å². The van der Waals surface area contributed by atoms with E-state index in [4.69, 9.17) is 0 Å². The summed E-state index contributed by atoms with van der Waals surface area (Å²) in [6.07, 6.45) is 3.86. The second-order valence-electron chi connectivity index (χ2n) is 2.85. The minimum atomic E-state index is 0. The summed E-state index contributed by atoms with van der Waals surface area (Å²) in [7, 11) is 0. The molecule has 14 heavy (non-hydrogen) atoms. The molecule has 0 spiro atoms. The van der Waals surface area contributed by atoms with Crippen LogP contribution < -0.4 is 4.90 Å². The van der Waals surface area contributed by atoms with Crippen LogP contribution in [-0.2, 0) is 0 Å². The van der Waals surface area contributed by atoms with Crippen molar-refractivity contribution in [2.45, 2.75) is 6.92 Å². The fraction of sp³-hybridized carbons (Fsp3) is 0.200. The van der Waals surface area contributed by atoms with Crippen molar-refractivity contribution in [1.29, 1.82) is 0 Å². The summed E-state index contributed by atoms with van der Waals surface area (Å²) in [6.45, 7) is 3.07. The zero-order chi connectivity index (χ0) is 9.10. The van der Waals surface area contributed by atoms with Crippen LogP contribution in [0.1, 0.15) is 6.92 Å². The van der Waals surface area contributed by atoms with Crippen LogP contribution in [0.2, 0.25) is 0 Å². The van der Waals surface area contributed by atoms with E-state index in [0.717, 1.165) is 18.2 Å². The molecule has 2 rings (SSSR count). The molecule has 0 bridgehead atoms. The van der Waals surface area contributed by atoms with Gasteiger partial charge in [0.05, 0.1) is 0 Å². The third-order valence-corrected chi connectivity index (χ3v) is 2.06. The van der Waals surface area contributed by atoms with E-state index >= 15 is 0 Å². The SMILES string of the molecule is CCN(c1ccc[nH]1)c1ccc[nH]1.[LiH]. The van der Waals surface area contributed by atoms with Crippen molar-refractivity contribution in [3.63, 3.8) is 0 Å². The molecular formula is C10H14LiN3. The monoisotopic (exact) mass is 183 g/mol. The van der Waals surface area contributed by atoms with E-state index in [-0.39, 0.29) is 18.9 Å². The van der Waals surface area contributed by atoms with Gasteiger partial charge in [-0.2, -0.15) is 0 Å². The molecule has 2 aromatic rings. The van der Waals surface area contributed by atoms with E-state index in [0.29, 0.717) is 0 Å². The third kappa shape index (κ3) is 2.06. The molecule has 0 fully saturated rings. The van der Waals surface area contributed by atoms with E-state index in [2.05, 4.69) is 33.9 Å². The second kappa shape index (κ2) is 4.99. The van der Waals surface area contributed by atoms with Crippen LogP contribution in [0.25, 0.3) is 0 Å². The zero-order valence-electron chi connectivity index (χ0n) is 7.62. The standard InChI is InChI=1S/C10H13N3.Li.H/c1-2-13(9-5-3-7-11-9)10-6-4-8-12-10;;/h3-8,11-12H,2H2,1H3;;. The predicted molar refractivity (Wildman–Crippen MR) is 61.4 cm³/mol. The quantitative estimate of drug-likeness (QED) is 0.700. The van der Waals surface area contributed by atoms with Gasteiger partial charge < -0.3 is 14.9 Å². The van der Waals surface area contributed by atoms with Gasteiger partial charge in [-0.25, -0.2) is 0 Å². The molecule has 0 aliphatic heterocycles. The molecule has 2 N–H and O–H groups in total. The first kappa shape index (κ1) is 11.0. The van der Waals surface area contributed by atoms with E-state index in [1.165, 1.54) is 0 Å². The van der Waals surface area contributed by atoms with Gasteiger partial charge in [-0.1, -0.05) is 0 Å². The molecule has 0 atom stereocenters. The molecule has 0 saturated heterocycles. The fourth-order valence-electron chi connectivity index (χ4n) is 1.45. The Balaban J connectivity index is 0.000000980. The summed E-state index contributed by atoms with van der Waals surface area (Å²) >= 11 is 0. The maximum atomic E-state index is 3.18. The van der Waals surface area contributed by atoms with Crippen LogP contribution in [0.4, 0.5) is 11.6 Å². The molecule has 70 valence electrons. The Kier molecular flexibility index (Phi) is 3.94. The molecule has 0 aromatic carbocycles. The van der Waals surface area contributed by atoms with E-state index in [1.807, 2.05) is 24.5 Å². The number of hydrogen-bond donors (Lipinski definition) is 2. The fourth-order valence-corrected chi connectivity index (χ4v) is 1.45. The topological polar surface area (TPSA) is 34.8 Å². The number of anilines is 2. The van der Waals surface area contributed by atoms with Crippen molar-refractivity contribution in [2.75, 3.05) is 11.4 Å². The molecule has 4 heteroatoms.